The van der Waals surface area contributed by atoms with E-state index in [1.807, 2.05) is 20.8 Å². The number of alkyl halides is 3. The summed E-state index contributed by atoms with van der Waals surface area (Å²) >= 11 is 0. The van der Waals surface area contributed by atoms with Crippen molar-refractivity contribution < 1.29 is 22.6 Å². The fourth-order valence-electron chi connectivity index (χ4n) is 1.62. The van der Waals surface area contributed by atoms with Crippen molar-refractivity contribution in [1.29, 1.82) is 0 Å². The SMILES string of the molecule is COc1ccc(OC(F)(F)F)cc1[C@H](N)C(C)(C)C.Cl. The van der Waals surface area contributed by atoms with Gasteiger partial charge in [-0.1, -0.05) is 20.8 Å². The zero-order chi connectivity index (χ0) is 14.8. The summed E-state index contributed by atoms with van der Waals surface area (Å²) in [5, 5.41) is 0. The molecule has 1 atom stereocenters. The lowest BCUT2D eigenvalue weighted by molar-refractivity contribution is -0.274. The fourth-order valence-corrected chi connectivity index (χ4v) is 1.62. The van der Waals surface area contributed by atoms with E-state index < -0.39 is 12.4 Å². The first-order valence-corrected chi connectivity index (χ1v) is 5.74. The summed E-state index contributed by atoms with van der Waals surface area (Å²) < 4.78 is 45.6. The highest BCUT2D eigenvalue weighted by Gasteiger charge is 2.32. The molecule has 0 amide bonds. The molecule has 7 heteroatoms. The Morgan fingerprint density at radius 1 is 1.15 bits per heavy atom. The van der Waals surface area contributed by atoms with E-state index in [9.17, 15) is 13.2 Å². The highest BCUT2D eigenvalue weighted by molar-refractivity contribution is 5.85. The number of rotatable bonds is 3. The molecular formula is C13H19ClF3NO2. The number of benzene rings is 1. The molecule has 1 aromatic rings. The molecule has 116 valence electrons. The van der Waals surface area contributed by atoms with Crippen molar-refractivity contribution in [2.75, 3.05) is 7.11 Å². The minimum Gasteiger partial charge on any atom is -0.496 e. The smallest absolute Gasteiger partial charge is 0.496 e. The van der Waals surface area contributed by atoms with Gasteiger partial charge in [-0.2, -0.15) is 0 Å². The number of methoxy groups -OCH3 is 1. The Hall–Kier alpha value is -1.14. The number of halogens is 4. The van der Waals surface area contributed by atoms with Crippen LogP contribution in [0.25, 0.3) is 0 Å². The Kier molecular flexibility index (Phi) is 6.17. The van der Waals surface area contributed by atoms with E-state index in [1.165, 1.54) is 25.3 Å². The molecule has 0 bridgehead atoms. The van der Waals surface area contributed by atoms with Crippen LogP contribution in [0.1, 0.15) is 32.4 Å². The van der Waals surface area contributed by atoms with Crippen LogP contribution < -0.4 is 15.2 Å². The highest BCUT2D eigenvalue weighted by Crippen LogP contribution is 2.38. The first-order valence-electron chi connectivity index (χ1n) is 5.74. The van der Waals surface area contributed by atoms with Gasteiger partial charge in [0, 0.05) is 11.6 Å². The molecule has 0 aromatic heterocycles. The van der Waals surface area contributed by atoms with Crippen LogP contribution >= 0.6 is 12.4 Å². The molecule has 1 rings (SSSR count). The van der Waals surface area contributed by atoms with Crippen LogP contribution in [0.5, 0.6) is 11.5 Å². The summed E-state index contributed by atoms with van der Waals surface area (Å²) in [7, 11) is 1.44. The first kappa shape index (κ1) is 18.9. The first-order chi connectivity index (χ1) is 8.54. The van der Waals surface area contributed by atoms with Crippen molar-refractivity contribution in [2.45, 2.75) is 33.2 Å². The monoisotopic (exact) mass is 313 g/mol. The lowest BCUT2D eigenvalue weighted by Crippen LogP contribution is -2.27. The number of ether oxygens (including phenoxy) is 2. The van der Waals surface area contributed by atoms with Gasteiger partial charge in [0.15, 0.2) is 0 Å². The van der Waals surface area contributed by atoms with Gasteiger partial charge in [0.2, 0.25) is 0 Å². The van der Waals surface area contributed by atoms with Crippen LogP contribution in [-0.2, 0) is 0 Å². The summed E-state index contributed by atoms with van der Waals surface area (Å²) in [5.74, 6) is 0.139. The van der Waals surface area contributed by atoms with Crippen LogP contribution in [0.4, 0.5) is 13.2 Å². The van der Waals surface area contributed by atoms with Crippen molar-refractivity contribution in [3.05, 3.63) is 23.8 Å². The molecule has 20 heavy (non-hydrogen) atoms. The number of hydrogen-bond donors (Lipinski definition) is 1. The standard InChI is InChI=1S/C13H18F3NO2.ClH/c1-12(2,3)11(17)9-7-8(19-13(14,15)16)5-6-10(9)18-4;/h5-7,11H,17H2,1-4H3;1H/t11-;/m0./s1. The number of nitrogens with two attached hydrogens (primary N) is 1. The summed E-state index contributed by atoms with van der Waals surface area (Å²) in [6.45, 7) is 5.69. The van der Waals surface area contributed by atoms with Gasteiger partial charge in [-0.3, -0.25) is 0 Å². The van der Waals surface area contributed by atoms with Gasteiger partial charge in [-0.25, -0.2) is 0 Å². The fraction of sp³-hybridized carbons (Fsp3) is 0.538. The van der Waals surface area contributed by atoms with E-state index in [4.69, 9.17) is 10.5 Å². The minimum absolute atomic E-state index is 0. The second kappa shape index (κ2) is 6.54. The average molecular weight is 314 g/mol. The van der Waals surface area contributed by atoms with E-state index in [2.05, 4.69) is 4.74 Å². The van der Waals surface area contributed by atoms with Crippen LogP contribution in [0, 0.1) is 5.41 Å². The maximum absolute atomic E-state index is 12.2. The molecule has 0 aliphatic heterocycles. The van der Waals surface area contributed by atoms with Gasteiger partial charge in [0.05, 0.1) is 7.11 Å². The van der Waals surface area contributed by atoms with E-state index >= 15 is 0 Å². The zero-order valence-electron chi connectivity index (χ0n) is 11.7. The maximum atomic E-state index is 12.2. The summed E-state index contributed by atoms with van der Waals surface area (Å²) in [6.07, 6.45) is -4.72. The minimum atomic E-state index is -4.72. The zero-order valence-corrected chi connectivity index (χ0v) is 12.6. The Labute approximate surface area is 122 Å². The number of hydrogen-bond acceptors (Lipinski definition) is 3. The third-order valence-corrected chi connectivity index (χ3v) is 2.70. The van der Waals surface area contributed by atoms with Gasteiger partial charge in [0.25, 0.3) is 0 Å². The average Bonchev–Trinajstić information content (AvgIpc) is 2.24. The van der Waals surface area contributed by atoms with Gasteiger partial charge in [-0.05, 0) is 23.6 Å². The molecule has 1 aromatic carbocycles. The molecule has 2 N–H and O–H groups in total. The predicted octanol–water partition coefficient (Wildman–Crippen LogP) is 4.06. The third kappa shape index (κ3) is 5.09. The molecule has 0 spiro atoms. The molecule has 0 saturated heterocycles. The molecule has 0 radical (unpaired) electrons. The lowest BCUT2D eigenvalue weighted by Gasteiger charge is -2.29. The van der Waals surface area contributed by atoms with E-state index in [-0.39, 0.29) is 23.6 Å². The summed E-state index contributed by atoms with van der Waals surface area (Å²) in [6, 6.07) is 3.41. The van der Waals surface area contributed by atoms with Crippen molar-refractivity contribution in [3.8, 4) is 11.5 Å². The Morgan fingerprint density at radius 3 is 2.10 bits per heavy atom. The molecule has 0 unspecified atom stereocenters. The second-order valence-corrected chi connectivity index (χ2v) is 5.30. The van der Waals surface area contributed by atoms with Crippen LogP contribution in [0.2, 0.25) is 0 Å². The third-order valence-electron chi connectivity index (χ3n) is 2.70. The van der Waals surface area contributed by atoms with Crippen molar-refractivity contribution in [2.24, 2.45) is 11.1 Å². The summed E-state index contributed by atoms with van der Waals surface area (Å²) in [4.78, 5) is 0. The normalized spacial score (nSPS) is 13.4. The highest BCUT2D eigenvalue weighted by atomic mass is 35.5. The topological polar surface area (TPSA) is 44.5 Å². The van der Waals surface area contributed by atoms with Crippen molar-refractivity contribution in [1.82, 2.24) is 0 Å². The van der Waals surface area contributed by atoms with Crippen molar-refractivity contribution >= 4 is 12.4 Å². The van der Waals surface area contributed by atoms with Crippen molar-refractivity contribution in [3.63, 3.8) is 0 Å². The van der Waals surface area contributed by atoms with Crippen LogP contribution in [0.3, 0.4) is 0 Å². The van der Waals surface area contributed by atoms with Crippen LogP contribution in [-0.4, -0.2) is 13.5 Å². The molecular weight excluding hydrogens is 295 g/mol. The van der Waals surface area contributed by atoms with Gasteiger partial charge in [-0.15, -0.1) is 25.6 Å². The van der Waals surface area contributed by atoms with Crippen LogP contribution in [0.15, 0.2) is 18.2 Å². The predicted molar refractivity (Wildman–Crippen MR) is 73.3 cm³/mol. The summed E-state index contributed by atoms with van der Waals surface area (Å²) in [5.41, 5.74) is 6.23. The van der Waals surface area contributed by atoms with Gasteiger partial charge >= 0.3 is 6.36 Å². The molecule has 0 aliphatic rings. The molecule has 0 aliphatic carbocycles. The quantitative estimate of drug-likeness (QED) is 0.915. The second-order valence-electron chi connectivity index (χ2n) is 5.30. The van der Waals surface area contributed by atoms with E-state index in [1.54, 1.807) is 0 Å². The Balaban J connectivity index is 0.00000361. The molecule has 0 saturated carbocycles. The largest absolute Gasteiger partial charge is 0.573 e. The molecule has 3 nitrogen and oxygen atoms in total. The van der Waals surface area contributed by atoms with E-state index in [0.29, 0.717) is 11.3 Å². The maximum Gasteiger partial charge on any atom is 0.573 e. The Bertz CT molecular complexity index is 444. The van der Waals surface area contributed by atoms with E-state index in [0.717, 1.165) is 0 Å². The van der Waals surface area contributed by atoms with Gasteiger partial charge < -0.3 is 15.2 Å². The molecule has 0 fully saturated rings. The Morgan fingerprint density at radius 2 is 1.70 bits per heavy atom. The molecule has 0 heterocycles. The lowest BCUT2D eigenvalue weighted by atomic mass is 9.82. The van der Waals surface area contributed by atoms with Gasteiger partial charge in [0.1, 0.15) is 11.5 Å².